The molecule has 3 heteroatoms. The number of rotatable bonds is 1. The SMILES string of the molecule is CC(C)(C)CC1(C)NCCc2[nH]cnc21. The Morgan fingerprint density at radius 2 is 2.20 bits per heavy atom. The first-order chi connectivity index (χ1) is 6.91. The van der Waals surface area contributed by atoms with Crippen molar-refractivity contribution >= 4 is 0 Å². The smallest absolute Gasteiger partial charge is 0.0926 e. The summed E-state index contributed by atoms with van der Waals surface area (Å²) >= 11 is 0. The van der Waals surface area contributed by atoms with E-state index in [4.69, 9.17) is 0 Å². The molecule has 1 aliphatic heterocycles. The molecule has 0 saturated carbocycles. The van der Waals surface area contributed by atoms with Gasteiger partial charge in [-0.3, -0.25) is 0 Å². The minimum atomic E-state index is 0.0336. The lowest BCUT2D eigenvalue weighted by Gasteiger charge is -2.38. The maximum atomic E-state index is 4.48. The van der Waals surface area contributed by atoms with Crippen molar-refractivity contribution in [2.75, 3.05) is 6.54 Å². The third kappa shape index (κ3) is 2.07. The summed E-state index contributed by atoms with van der Waals surface area (Å²) in [5.41, 5.74) is 2.87. The highest BCUT2D eigenvalue weighted by Gasteiger charge is 2.37. The van der Waals surface area contributed by atoms with Crippen molar-refractivity contribution in [2.45, 2.75) is 46.1 Å². The van der Waals surface area contributed by atoms with Crippen LogP contribution in [0.3, 0.4) is 0 Å². The largest absolute Gasteiger partial charge is 0.348 e. The second kappa shape index (κ2) is 3.34. The van der Waals surface area contributed by atoms with Gasteiger partial charge in [0, 0.05) is 18.7 Å². The van der Waals surface area contributed by atoms with Gasteiger partial charge >= 0.3 is 0 Å². The van der Waals surface area contributed by atoms with Gasteiger partial charge in [-0.25, -0.2) is 4.98 Å². The first-order valence-corrected chi connectivity index (χ1v) is 5.68. The lowest BCUT2D eigenvalue weighted by molar-refractivity contribution is 0.213. The molecular formula is C12H21N3. The van der Waals surface area contributed by atoms with E-state index in [-0.39, 0.29) is 5.54 Å². The van der Waals surface area contributed by atoms with Crippen molar-refractivity contribution in [1.29, 1.82) is 0 Å². The molecule has 3 nitrogen and oxygen atoms in total. The highest BCUT2D eigenvalue weighted by atomic mass is 15.1. The molecule has 2 heterocycles. The fraction of sp³-hybridized carbons (Fsp3) is 0.750. The maximum Gasteiger partial charge on any atom is 0.0926 e. The van der Waals surface area contributed by atoms with E-state index in [1.165, 1.54) is 11.4 Å². The van der Waals surface area contributed by atoms with Crippen LogP contribution in [-0.4, -0.2) is 16.5 Å². The minimum Gasteiger partial charge on any atom is -0.348 e. The van der Waals surface area contributed by atoms with E-state index >= 15 is 0 Å². The topological polar surface area (TPSA) is 40.7 Å². The summed E-state index contributed by atoms with van der Waals surface area (Å²) in [6.45, 7) is 10.1. The van der Waals surface area contributed by atoms with Crippen LogP contribution in [0.5, 0.6) is 0 Å². The quantitative estimate of drug-likeness (QED) is 0.741. The number of hydrogen-bond acceptors (Lipinski definition) is 2. The number of aromatic nitrogens is 2. The lowest BCUT2D eigenvalue weighted by Crippen LogP contribution is -2.47. The minimum absolute atomic E-state index is 0.0336. The van der Waals surface area contributed by atoms with Gasteiger partial charge in [0.05, 0.1) is 17.6 Å². The highest BCUT2D eigenvalue weighted by Crippen LogP contribution is 2.36. The summed E-state index contributed by atoms with van der Waals surface area (Å²) in [7, 11) is 0. The number of nitrogens with zero attached hydrogens (tertiary/aromatic N) is 1. The average Bonchev–Trinajstić information content (AvgIpc) is 2.49. The molecule has 15 heavy (non-hydrogen) atoms. The van der Waals surface area contributed by atoms with Gasteiger partial charge in [-0.05, 0) is 18.8 Å². The summed E-state index contributed by atoms with van der Waals surface area (Å²) in [6, 6.07) is 0. The molecule has 0 bridgehead atoms. The number of fused-ring (bicyclic) bond motifs is 1. The summed E-state index contributed by atoms with van der Waals surface area (Å²) in [5.74, 6) is 0. The number of imidazole rings is 1. The molecule has 0 radical (unpaired) electrons. The van der Waals surface area contributed by atoms with E-state index < -0.39 is 0 Å². The first-order valence-electron chi connectivity index (χ1n) is 5.68. The number of aromatic amines is 1. The van der Waals surface area contributed by atoms with Crippen molar-refractivity contribution in [2.24, 2.45) is 5.41 Å². The highest BCUT2D eigenvalue weighted by molar-refractivity contribution is 5.24. The Balaban J connectivity index is 2.31. The normalized spacial score (nSPS) is 26.4. The van der Waals surface area contributed by atoms with Crippen LogP contribution in [0, 0.1) is 5.41 Å². The van der Waals surface area contributed by atoms with Crippen LogP contribution < -0.4 is 5.32 Å². The van der Waals surface area contributed by atoms with Crippen LogP contribution in [0.2, 0.25) is 0 Å². The lowest BCUT2D eigenvalue weighted by atomic mass is 9.77. The van der Waals surface area contributed by atoms with Gasteiger partial charge in [0.2, 0.25) is 0 Å². The molecule has 84 valence electrons. The molecule has 0 saturated heterocycles. The van der Waals surface area contributed by atoms with Gasteiger partial charge in [0.1, 0.15) is 0 Å². The zero-order valence-electron chi connectivity index (χ0n) is 10.1. The van der Waals surface area contributed by atoms with E-state index in [9.17, 15) is 0 Å². The van der Waals surface area contributed by atoms with E-state index in [1.54, 1.807) is 0 Å². The van der Waals surface area contributed by atoms with Gasteiger partial charge in [0.15, 0.2) is 0 Å². The molecule has 1 aromatic rings. The average molecular weight is 207 g/mol. The van der Waals surface area contributed by atoms with E-state index in [0.29, 0.717) is 5.41 Å². The molecule has 1 unspecified atom stereocenters. The van der Waals surface area contributed by atoms with Gasteiger partial charge in [0.25, 0.3) is 0 Å². The van der Waals surface area contributed by atoms with E-state index in [2.05, 4.69) is 43.0 Å². The molecule has 1 atom stereocenters. The van der Waals surface area contributed by atoms with Gasteiger partial charge in [-0.1, -0.05) is 20.8 Å². The Labute approximate surface area is 91.7 Å². The summed E-state index contributed by atoms with van der Waals surface area (Å²) < 4.78 is 0. The molecule has 2 rings (SSSR count). The van der Waals surface area contributed by atoms with Crippen LogP contribution >= 0.6 is 0 Å². The number of nitrogens with one attached hydrogen (secondary N) is 2. The van der Waals surface area contributed by atoms with Gasteiger partial charge in [-0.15, -0.1) is 0 Å². The summed E-state index contributed by atoms with van der Waals surface area (Å²) in [6.07, 6.45) is 3.99. The number of hydrogen-bond donors (Lipinski definition) is 2. The van der Waals surface area contributed by atoms with Gasteiger partial charge < -0.3 is 10.3 Å². The standard InChI is InChI=1S/C12H21N3/c1-11(2,3)7-12(4)10-9(5-6-15-12)13-8-14-10/h8,15H,5-7H2,1-4H3,(H,13,14). The first kappa shape index (κ1) is 10.7. The Kier molecular flexibility index (Phi) is 2.38. The third-order valence-electron chi connectivity index (χ3n) is 3.01. The fourth-order valence-electron chi connectivity index (χ4n) is 2.74. The van der Waals surface area contributed by atoms with Crippen LogP contribution in [0.25, 0.3) is 0 Å². The summed E-state index contributed by atoms with van der Waals surface area (Å²) in [4.78, 5) is 7.72. The molecule has 0 amide bonds. The second-order valence-electron chi connectivity index (χ2n) is 5.98. The Morgan fingerprint density at radius 1 is 1.47 bits per heavy atom. The van der Waals surface area contributed by atoms with Crippen molar-refractivity contribution < 1.29 is 0 Å². The molecule has 0 aliphatic carbocycles. The van der Waals surface area contributed by atoms with Crippen LogP contribution in [0.1, 0.15) is 45.5 Å². The molecule has 1 aromatic heterocycles. The van der Waals surface area contributed by atoms with Crippen molar-refractivity contribution in [3.63, 3.8) is 0 Å². The number of H-pyrrole nitrogens is 1. The maximum absolute atomic E-state index is 4.48. The van der Waals surface area contributed by atoms with Crippen LogP contribution in [0.15, 0.2) is 6.33 Å². The molecule has 0 aromatic carbocycles. The second-order valence-corrected chi connectivity index (χ2v) is 5.98. The Morgan fingerprint density at radius 3 is 2.87 bits per heavy atom. The van der Waals surface area contributed by atoms with Crippen molar-refractivity contribution in [3.05, 3.63) is 17.7 Å². The molecular weight excluding hydrogens is 186 g/mol. The van der Waals surface area contributed by atoms with Crippen LogP contribution in [-0.2, 0) is 12.0 Å². The zero-order chi connectivity index (χ0) is 11.1. The summed E-state index contributed by atoms with van der Waals surface area (Å²) in [5, 5.41) is 3.61. The van der Waals surface area contributed by atoms with Crippen molar-refractivity contribution in [1.82, 2.24) is 15.3 Å². The van der Waals surface area contributed by atoms with E-state index in [0.717, 1.165) is 19.4 Å². The van der Waals surface area contributed by atoms with E-state index in [1.807, 2.05) is 6.33 Å². The molecule has 1 aliphatic rings. The Bertz CT molecular complexity index is 348. The monoisotopic (exact) mass is 207 g/mol. The third-order valence-corrected chi connectivity index (χ3v) is 3.01. The molecule has 2 N–H and O–H groups in total. The zero-order valence-corrected chi connectivity index (χ0v) is 10.1. The molecule has 0 fully saturated rings. The predicted octanol–water partition coefficient (Wildman–Crippen LogP) is 2.21. The molecule has 0 spiro atoms. The van der Waals surface area contributed by atoms with Crippen molar-refractivity contribution in [3.8, 4) is 0 Å². The Hall–Kier alpha value is -0.830. The fourth-order valence-corrected chi connectivity index (χ4v) is 2.74. The van der Waals surface area contributed by atoms with Gasteiger partial charge in [-0.2, -0.15) is 0 Å². The van der Waals surface area contributed by atoms with Crippen LogP contribution in [0.4, 0.5) is 0 Å². The predicted molar refractivity (Wildman–Crippen MR) is 61.7 cm³/mol.